The lowest BCUT2D eigenvalue weighted by atomic mass is 10.1. The van der Waals surface area contributed by atoms with Crippen LogP contribution in [0.1, 0.15) is 6.42 Å². The number of hydrogen-bond acceptors (Lipinski definition) is 3. The number of anilines is 1. The van der Waals surface area contributed by atoms with E-state index in [1.807, 2.05) is 12.1 Å². The number of ether oxygens (including phenoxy) is 1. The molecule has 140 valence electrons. The smallest absolute Gasteiger partial charge is 0.119 e. The van der Waals surface area contributed by atoms with E-state index in [1.54, 1.807) is 0 Å². The summed E-state index contributed by atoms with van der Waals surface area (Å²) in [5.41, 5.74) is 1.26. The summed E-state index contributed by atoms with van der Waals surface area (Å²) in [6, 6.07) is 22.8. The van der Waals surface area contributed by atoms with Crippen molar-refractivity contribution in [1.29, 1.82) is 0 Å². The molecule has 0 amide bonds. The molecule has 1 aliphatic heterocycles. The first-order chi connectivity index (χ1) is 13.3. The average molecular weight is 381 g/mol. The molecule has 1 aliphatic rings. The lowest BCUT2D eigenvalue weighted by Gasteiger charge is -2.36. The monoisotopic (exact) mass is 380 g/mol. The molecule has 27 heavy (non-hydrogen) atoms. The van der Waals surface area contributed by atoms with Crippen LogP contribution in [-0.4, -0.2) is 44.2 Å². The predicted octanol–water partition coefficient (Wildman–Crippen LogP) is 5.08. The first-order valence-electron chi connectivity index (χ1n) is 9.62. The van der Waals surface area contributed by atoms with Gasteiger partial charge in [0.2, 0.25) is 0 Å². The van der Waals surface area contributed by atoms with Crippen molar-refractivity contribution in [2.24, 2.45) is 0 Å². The number of halogens is 1. The molecule has 0 unspecified atom stereocenters. The number of rotatable bonds is 6. The van der Waals surface area contributed by atoms with Crippen LogP contribution < -0.4 is 9.64 Å². The molecule has 0 aromatic heterocycles. The van der Waals surface area contributed by atoms with Gasteiger partial charge in [-0.15, -0.1) is 0 Å². The molecule has 3 aromatic rings. The van der Waals surface area contributed by atoms with Crippen LogP contribution in [0, 0.1) is 0 Å². The van der Waals surface area contributed by atoms with Gasteiger partial charge in [0.25, 0.3) is 0 Å². The minimum Gasteiger partial charge on any atom is -0.494 e. The van der Waals surface area contributed by atoms with Crippen LogP contribution in [0.4, 0.5) is 5.69 Å². The topological polar surface area (TPSA) is 15.7 Å². The zero-order valence-electron chi connectivity index (χ0n) is 15.5. The molecule has 0 spiro atoms. The van der Waals surface area contributed by atoms with Gasteiger partial charge in [-0.05, 0) is 53.6 Å². The van der Waals surface area contributed by atoms with Gasteiger partial charge in [-0.25, -0.2) is 0 Å². The highest BCUT2D eigenvalue weighted by atomic mass is 35.5. The number of benzene rings is 3. The van der Waals surface area contributed by atoms with Crippen LogP contribution in [0.15, 0.2) is 66.7 Å². The molecule has 4 rings (SSSR count). The van der Waals surface area contributed by atoms with Crippen molar-refractivity contribution in [3.8, 4) is 5.75 Å². The standard InChI is InChI=1S/C23H25ClN2O/c24-21-7-9-22(10-8-21)26-15-13-25(14-16-26)12-3-17-27-23-11-6-19-4-1-2-5-20(19)18-23/h1-2,4-11,18H,3,12-17H2. The van der Waals surface area contributed by atoms with Crippen LogP contribution in [0.25, 0.3) is 10.8 Å². The highest BCUT2D eigenvalue weighted by Crippen LogP contribution is 2.21. The summed E-state index contributed by atoms with van der Waals surface area (Å²) in [6.07, 6.45) is 1.05. The quantitative estimate of drug-likeness (QED) is 0.554. The van der Waals surface area contributed by atoms with E-state index in [9.17, 15) is 0 Å². The van der Waals surface area contributed by atoms with Gasteiger partial charge in [-0.3, -0.25) is 4.90 Å². The molecule has 1 heterocycles. The largest absolute Gasteiger partial charge is 0.494 e. The highest BCUT2D eigenvalue weighted by molar-refractivity contribution is 6.30. The fourth-order valence-corrected chi connectivity index (χ4v) is 3.74. The van der Waals surface area contributed by atoms with E-state index in [1.165, 1.54) is 16.5 Å². The van der Waals surface area contributed by atoms with E-state index in [4.69, 9.17) is 16.3 Å². The van der Waals surface area contributed by atoms with Crippen molar-refractivity contribution < 1.29 is 4.74 Å². The van der Waals surface area contributed by atoms with E-state index in [2.05, 4.69) is 64.4 Å². The number of hydrogen-bond donors (Lipinski definition) is 0. The summed E-state index contributed by atoms with van der Waals surface area (Å²) in [6.45, 7) is 6.16. The Kier molecular flexibility index (Phi) is 5.81. The van der Waals surface area contributed by atoms with Crippen molar-refractivity contribution >= 4 is 28.1 Å². The summed E-state index contributed by atoms with van der Waals surface area (Å²) in [7, 11) is 0. The summed E-state index contributed by atoms with van der Waals surface area (Å²) in [4.78, 5) is 4.95. The lowest BCUT2D eigenvalue weighted by Crippen LogP contribution is -2.46. The summed E-state index contributed by atoms with van der Waals surface area (Å²) >= 11 is 5.98. The zero-order valence-corrected chi connectivity index (χ0v) is 16.2. The Morgan fingerprint density at radius 2 is 1.56 bits per heavy atom. The molecule has 0 bridgehead atoms. The summed E-state index contributed by atoms with van der Waals surface area (Å²) in [5.74, 6) is 0.959. The van der Waals surface area contributed by atoms with Crippen molar-refractivity contribution in [1.82, 2.24) is 4.90 Å². The lowest BCUT2D eigenvalue weighted by molar-refractivity contribution is 0.225. The van der Waals surface area contributed by atoms with Crippen molar-refractivity contribution in [3.63, 3.8) is 0 Å². The molecule has 0 N–H and O–H groups in total. The maximum Gasteiger partial charge on any atom is 0.119 e. The molecule has 0 radical (unpaired) electrons. The Balaban J connectivity index is 1.19. The molecule has 3 aromatic carbocycles. The second-order valence-electron chi connectivity index (χ2n) is 7.02. The average Bonchev–Trinajstić information content (AvgIpc) is 2.72. The van der Waals surface area contributed by atoms with E-state index >= 15 is 0 Å². The van der Waals surface area contributed by atoms with Gasteiger partial charge in [0.1, 0.15) is 5.75 Å². The normalized spacial score (nSPS) is 15.2. The fourth-order valence-electron chi connectivity index (χ4n) is 3.62. The number of nitrogens with zero attached hydrogens (tertiary/aromatic N) is 2. The minimum atomic E-state index is 0.760. The Hall–Kier alpha value is -2.23. The molecule has 3 nitrogen and oxygen atoms in total. The number of piperazine rings is 1. The van der Waals surface area contributed by atoms with Crippen molar-refractivity contribution in [2.75, 3.05) is 44.2 Å². The molecule has 0 atom stereocenters. The highest BCUT2D eigenvalue weighted by Gasteiger charge is 2.16. The maximum absolute atomic E-state index is 5.98. The first-order valence-corrected chi connectivity index (χ1v) is 10.0. The molecule has 0 aliphatic carbocycles. The van der Waals surface area contributed by atoms with Crippen LogP contribution in [-0.2, 0) is 0 Å². The maximum atomic E-state index is 5.98. The van der Waals surface area contributed by atoms with Gasteiger partial charge in [0, 0.05) is 43.4 Å². The Labute approximate surface area is 166 Å². The van der Waals surface area contributed by atoms with Crippen LogP contribution >= 0.6 is 11.6 Å². The van der Waals surface area contributed by atoms with E-state index < -0.39 is 0 Å². The van der Waals surface area contributed by atoms with Gasteiger partial charge < -0.3 is 9.64 Å². The van der Waals surface area contributed by atoms with Gasteiger partial charge >= 0.3 is 0 Å². The van der Waals surface area contributed by atoms with Crippen molar-refractivity contribution in [3.05, 3.63) is 71.8 Å². The van der Waals surface area contributed by atoms with E-state index in [0.717, 1.165) is 56.5 Å². The van der Waals surface area contributed by atoms with Gasteiger partial charge in [-0.1, -0.05) is 41.9 Å². The second-order valence-corrected chi connectivity index (χ2v) is 7.45. The van der Waals surface area contributed by atoms with Crippen LogP contribution in [0.2, 0.25) is 5.02 Å². The Bertz CT molecular complexity index is 873. The van der Waals surface area contributed by atoms with Crippen molar-refractivity contribution in [2.45, 2.75) is 6.42 Å². The number of fused-ring (bicyclic) bond motifs is 1. The third-order valence-electron chi connectivity index (χ3n) is 5.17. The van der Waals surface area contributed by atoms with E-state index in [0.29, 0.717) is 0 Å². The zero-order chi connectivity index (χ0) is 18.5. The second kappa shape index (κ2) is 8.64. The SMILES string of the molecule is Clc1ccc(N2CCN(CCCOc3ccc4ccccc4c3)CC2)cc1. The van der Waals surface area contributed by atoms with Crippen LogP contribution in [0.3, 0.4) is 0 Å². The fraction of sp³-hybridized carbons (Fsp3) is 0.304. The molecule has 1 fully saturated rings. The summed E-state index contributed by atoms with van der Waals surface area (Å²) in [5, 5.41) is 3.28. The molecule has 1 saturated heterocycles. The third kappa shape index (κ3) is 4.74. The Morgan fingerprint density at radius 1 is 0.815 bits per heavy atom. The van der Waals surface area contributed by atoms with Gasteiger partial charge in [0.05, 0.1) is 6.61 Å². The predicted molar refractivity (Wildman–Crippen MR) is 114 cm³/mol. The molecular weight excluding hydrogens is 356 g/mol. The third-order valence-corrected chi connectivity index (χ3v) is 5.42. The minimum absolute atomic E-state index is 0.760. The first kappa shape index (κ1) is 18.1. The van der Waals surface area contributed by atoms with E-state index in [-0.39, 0.29) is 0 Å². The van der Waals surface area contributed by atoms with Crippen LogP contribution in [0.5, 0.6) is 5.75 Å². The Morgan fingerprint density at radius 3 is 2.33 bits per heavy atom. The van der Waals surface area contributed by atoms with Gasteiger partial charge in [-0.2, -0.15) is 0 Å². The molecule has 0 saturated carbocycles. The molecule has 4 heteroatoms. The molecular formula is C23H25ClN2O. The summed E-state index contributed by atoms with van der Waals surface area (Å²) < 4.78 is 5.96. The van der Waals surface area contributed by atoms with Gasteiger partial charge in [0.15, 0.2) is 0 Å².